The maximum atomic E-state index is 10.4. The molecule has 0 amide bonds. The molecule has 0 fully saturated rings. The van der Waals surface area contributed by atoms with Gasteiger partial charge in [0, 0.05) is 25.2 Å². The minimum absolute atomic E-state index is 0.117. The number of nitrogens with zero attached hydrogens (tertiary/aromatic N) is 1. The van der Waals surface area contributed by atoms with Gasteiger partial charge in [0.1, 0.15) is 5.75 Å². The zero-order chi connectivity index (χ0) is 18.1. The Morgan fingerprint density at radius 3 is 2.32 bits per heavy atom. The first kappa shape index (κ1) is 19.4. The molecule has 0 aliphatic heterocycles. The fourth-order valence-electron chi connectivity index (χ4n) is 2.76. The molecule has 0 spiro atoms. The van der Waals surface area contributed by atoms with Crippen LogP contribution in [0.4, 0.5) is 0 Å². The maximum absolute atomic E-state index is 10.4. The van der Waals surface area contributed by atoms with Gasteiger partial charge in [-0.15, -0.1) is 0 Å². The number of aliphatic hydroxyl groups excluding tert-OH is 1. The van der Waals surface area contributed by atoms with E-state index in [-0.39, 0.29) is 6.10 Å². The molecule has 0 bridgehead atoms. The van der Waals surface area contributed by atoms with Crippen molar-refractivity contribution in [2.24, 2.45) is 0 Å². The Labute approximate surface area is 151 Å². The molecular formula is C21H29NO3. The van der Waals surface area contributed by atoms with Crippen molar-refractivity contribution < 1.29 is 14.6 Å². The molecule has 25 heavy (non-hydrogen) atoms. The molecule has 1 unspecified atom stereocenters. The Bertz CT molecular complexity index is 616. The topological polar surface area (TPSA) is 41.9 Å². The Morgan fingerprint density at radius 2 is 1.64 bits per heavy atom. The number of benzene rings is 2. The summed E-state index contributed by atoms with van der Waals surface area (Å²) in [5.74, 6) is 0.869. The maximum Gasteiger partial charge on any atom is 0.123 e. The second-order valence-corrected chi connectivity index (χ2v) is 6.50. The fraction of sp³-hybridized carbons (Fsp3) is 0.429. The molecule has 0 radical (unpaired) electrons. The Balaban J connectivity index is 2.08. The third kappa shape index (κ3) is 6.86. The second-order valence-electron chi connectivity index (χ2n) is 6.50. The van der Waals surface area contributed by atoms with E-state index in [2.05, 4.69) is 23.1 Å². The highest BCUT2D eigenvalue weighted by Gasteiger charge is 2.15. The SMILES string of the molecule is COc1ccccc1CN(Cc1ccccc1)CC(O)COC(C)C. The normalized spacial score (nSPS) is 12.6. The number of hydrogen-bond acceptors (Lipinski definition) is 4. The number of methoxy groups -OCH3 is 1. The molecule has 0 aliphatic rings. The van der Waals surface area contributed by atoms with Crippen LogP contribution in [0, 0.1) is 0 Å². The van der Waals surface area contributed by atoms with Crippen LogP contribution < -0.4 is 4.74 Å². The van der Waals surface area contributed by atoms with Crippen LogP contribution in [0.3, 0.4) is 0 Å². The molecule has 1 N–H and O–H groups in total. The lowest BCUT2D eigenvalue weighted by Crippen LogP contribution is -2.35. The summed E-state index contributed by atoms with van der Waals surface area (Å²) in [5.41, 5.74) is 2.33. The van der Waals surface area contributed by atoms with Gasteiger partial charge in [0.15, 0.2) is 0 Å². The van der Waals surface area contributed by atoms with Crippen molar-refractivity contribution in [3.8, 4) is 5.75 Å². The van der Waals surface area contributed by atoms with Gasteiger partial charge in [-0.3, -0.25) is 4.90 Å². The summed E-state index contributed by atoms with van der Waals surface area (Å²) >= 11 is 0. The first-order chi connectivity index (χ1) is 12.1. The predicted molar refractivity (Wildman–Crippen MR) is 101 cm³/mol. The highest BCUT2D eigenvalue weighted by Crippen LogP contribution is 2.20. The molecule has 4 nitrogen and oxygen atoms in total. The molecule has 0 saturated heterocycles. The Hall–Kier alpha value is -1.88. The van der Waals surface area contributed by atoms with Gasteiger partial charge in [-0.2, -0.15) is 0 Å². The van der Waals surface area contributed by atoms with Crippen molar-refractivity contribution in [3.63, 3.8) is 0 Å². The van der Waals surface area contributed by atoms with Crippen molar-refractivity contribution >= 4 is 0 Å². The number of hydrogen-bond donors (Lipinski definition) is 1. The smallest absolute Gasteiger partial charge is 0.123 e. The van der Waals surface area contributed by atoms with E-state index in [9.17, 15) is 5.11 Å². The first-order valence-corrected chi connectivity index (χ1v) is 8.76. The molecule has 1 atom stereocenters. The van der Waals surface area contributed by atoms with Gasteiger partial charge in [-0.05, 0) is 25.5 Å². The third-order valence-electron chi connectivity index (χ3n) is 3.93. The van der Waals surface area contributed by atoms with Crippen molar-refractivity contribution in [3.05, 3.63) is 65.7 Å². The zero-order valence-corrected chi connectivity index (χ0v) is 15.4. The fourth-order valence-corrected chi connectivity index (χ4v) is 2.76. The molecule has 136 valence electrons. The van der Waals surface area contributed by atoms with Gasteiger partial charge in [0.25, 0.3) is 0 Å². The number of aliphatic hydroxyl groups is 1. The molecule has 2 aromatic carbocycles. The van der Waals surface area contributed by atoms with Gasteiger partial charge < -0.3 is 14.6 Å². The summed E-state index contributed by atoms with van der Waals surface area (Å²) in [6, 6.07) is 18.3. The van der Waals surface area contributed by atoms with Gasteiger partial charge in [0.2, 0.25) is 0 Å². The van der Waals surface area contributed by atoms with E-state index in [1.54, 1.807) is 7.11 Å². The quantitative estimate of drug-likeness (QED) is 0.717. The molecule has 0 saturated carbocycles. The lowest BCUT2D eigenvalue weighted by atomic mass is 10.1. The predicted octanol–water partition coefficient (Wildman–Crippen LogP) is 3.48. The molecule has 4 heteroatoms. The van der Waals surface area contributed by atoms with E-state index >= 15 is 0 Å². The van der Waals surface area contributed by atoms with Crippen molar-refractivity contribution in [2.45, 2.75) is 39.1 Å². The summed E-state index contributed by atoms with van der Waals surface area (Å²) in [5, 5.41) is 10.4. The van der Waals surface area contributed by atoms with Gasteiger partial charge in [-0.1, -0.05) is 48.5 Å². The molecule has 0 aromatic heterocycles. The Kier molecular flexibility index (Phi) is 7.92. The standard InChI is InChI=1S/C21H29NO3/c1-17(2)25-16-20(23)15-22(13-18-9-5-4-6-10-18)14-19-11-7-8-12-21(19)24-3/h4-12,17,20,23H,13-16H2,1-3H3. The van der Waals surface area contributed by atoms with Crippen LogP contribution in [0.5, 0.6) is 5.75 Å². The van der Waals surface area contributed by atoms with Crippen LogP contribution in [0.25, 0.3) is 0 Å². The highest BCUT2D eigenvalue weighted by molar-refractivity contribution is 5.33. The average molecular weight is 343 g/mol. The van der Waals surface area contributed by atoms with Crippen LogP contribution in [-0.4, -0.2) is 42.5 Å². The highest BCUT2D eigenvalue weighted by atomic mass is 16.5. The van der Waals surface area contributed by atoms with Gasteiger partial charge in [-0.25, -0.2) is 0 Å². The van der Waals surface area contributed by atoms with Crippen molar-refractivity contribution in [1.29, 1.82) is 0 Å². The monoisotopic (exact) mass is 343 g/mol. The number of para-hydroxylation sites is 1. The van der Waals surface area contributed by atoms with Gasteiger partial charge in [0.05, 0.1) is 25.9 Å². The summed E-state index contributed by atoms with van der Waals surface area (Å²) in [7, 11) is 1.69. The van der Waals surface area contributed by atoms with E-state index in [4.69, 9.17) is 9.47 Å². The van der Waals surface area contributed by atoms with Gasteiger partial charge >= 0.3 is 0 Å². The summed E-state index contributed by atoms with van der Waals surface area (Å²) in [4.78, 5) is 2.22. The van der Waals surface area contributed by atoms with Crippen LogP contribution >= 0.6 is 0 Å². The molecule has 0 aliphatic carbocycles. The number of rotatable bonds is 10. The van der Waals surface area contributed by atoms with Crippen molar-refractivity contribution in [1.82, 2.24) is 4.90 Å². The Morgan fingerprint density at radius 1 is 0.960 bits per heavy atom. The van der Waals surface area contributed by atoms with Crippen LogP contribution in [0.15, 0.2) is 54.6 Å². The van der Waals surface area contributed by atoms with E-state index in [0.29, 0.717) is 19.7 Å². The second kappa shape index (κ2) is 10.2. The molecule has 2 aromatic rings. The lowest BCUT2D eigenvalue weighted by Gasteiger charge is -2.26. The molecule has 0 heterocycles. The first-order valence-electron chi connectivity index (χ1n) is 8.76. The summed E-state index contributed by atoms with van der Waals surface area (Å²) in [6.07, 6.45) is -0.410. The summed E-state index contributed by atoms with van der Waals surface area (Å²) < 4.78 is 11.0. The molecular weight excluding hydrogens is 314 g/mol. The lowest BCUT2D eigenvalue weighted by molar-refractivity contribution is -0.0107. The van der Waals surface area contributed by atoms with Crippen LogP contribution in [-0.2, 0) is 17.8 Å². The van der Waals surface area contributed by atoms with E-state index in [1.165, 1.54) is 5.56 Å². The minimum atomic E-state index is -0.527. The third-order valence-corrected chi connectivity index (χ3v) is 3.93. The van der Waals surface area contributed by atoms with Crippen molar-refractivity contribution in [2.75, 3.05) is 20.3 Å². The largest absolute Gasteiger partial charge is 0.496 e. The van der Waals surface area contributed by atoms with E-state index < -0.39 is 6.10 Å². The molecule has 2 rings (SSSR count). The number of ether oxygens (including phenoxy) is 2. The summed E-state index contributed by atoms with van der Waals surface area (Å²) in [6.45, 7) is 6.30. The van der Waals surface area contributed by atoms with Crippen LogP contribution in [0.2, 0.25) is 0 Å². The van der Waals surface area contributed by atoms with E-state index in [1.807, 2.05) is 50.2 Å². The zero-order valence-electron chi connectivity index (χ0n) is 15.4. The van der Waals surface area contributed by atoms with Crippen LogP contribution in [0.1, 0.15) is 25.0 Å². The minimum Gasteiger partial charge on any atom is -0.496 e. The van der Waals surface area contributed by atoms with E-state index in [0.717, 1.165) is 17.9 Å². The average Bonchev–Trinajstić information content (AvgIpc) is 2.61.